The Balaban J connectivity index is 1.54. The summed E-state index contributed by atoms with van der Waals surface area (Å²) in [4.78, 5) is 12.3. The number of nitrogens with one attached hydrogen (secondary N) is 2. The molecular weight excluding hydrogens is 356 g/mol. The Hall–Kier alpha value is -2.58. The van der Waals surface area contributed by atoms with Crippen molar-refractivity contribution in [1.29, 1.82) is 0 Å². The maximum absolute atomic E-state index is 12.3. The molecular formula is C18H20N2O5S. The number of amides is 1. The molecule has 8 heteroatoms. The molecule has 0 bridgehead atoms. The first-order chi connectivity index (χ1) is 12.5. The van der Waals surface area contributed by atoms with Gasteiger partial charge in [-0.2, -0.15) is 0 Å². The first-order valence-electron chi connectivity index (χ1n) is 8.20. The van der Waals surface area contributed by atoms with E-state index in [9.17, 15) is 13.2 Å². The van der Waals surface area contributed by atoms with Crippen molar-refractivity contribution in [2.45, 2.75) is 18.2 Å². The number of hydrogen-bond donors (Lipinski definition) is 2. The number of fused-ring (bicyclic) bond motifs is 1. The van der Waals surface area contributed by atoms with Crippen molar-refractivity contribution in [2.75, 3.05) is 25.1 Å². The van der Waals surface area contributed by atoms with E-state index in [1.807, 2.05) is 0 Å². The standard InChI is InChI=1S/C18H20N2O5S/c1-13-4-2-3-5-17(13)26(22,23)19-9-8-18(21)20-14-6-7-15-16(12-14)25-11-10-24-15/h2-7,12,19H,8-11H2,1H3,(H,20,21). The molecule has 3 rings (SSSR count). The van der Waals surface area contributed by atoms with Gasteiger partial charge >= 0.3 is 0 Å². The van der Waals surface area contributed by atoms with Crippen LogP contribution in [0.25, 0.3) is 0 Å². The fourth-order valence-corrected chi connectivity index (χ4v) is 3.86. The van der Waals surface area contributed by atoms with Gasteiger partial charge in [0.1, 0.15) is 13.2 Å². The minimum atomic E-state index is -3.64. The van der Waals surface area contributed by atoms with Gasteiger partial charge in [0.2, 0.25) is 15.9 Å². The lowest BCUT2D eigenvalue weighted by Gasteiger charge is -2.19. The molecule has 0 radical (unpaired) electrons. The summed E-state index contributed by atoms with van der Waals surface area (Å²) in [6.45, 7) is 2.70. The number of rotatable bonds is 6. The molecule has 0 saturated carbocycles. The monoisotopic (exact) mass is 376 g/mol. The molecule has 0 fully saturated rings. The second kappa shape index (κ2) is 7.76. The van der Waals surface area contributed by atoms with Crippen molar-refractivity contribution in [3.05, 3.63) is 48.0 Å². The zero-order valence-electron chi connectivity index (χ0n) is 14.3. The Morgan fingerprint density at radius 3 is 2.58 bits per heavy atom. The summed E-state index contributed by atoms with van der Waals surface area (Å²) >= 11 is 0. The first-order valence-corrected chi connectivity index (χ1v) is 9.69. The minimum absolute atomic E-state index is 0.00700. The number of hydrogen-bond acceptors (Lipinski definition) is 5. The Bertz CT molecular complexity index is 912. The van der Waals surface area contributed by atoms with E-state index in [0.29, 0.717) is 36.0 Å². The van der Waals surface area contributed by atoms with Gasteiger partial charge in [-0.3, -0.25) is 4.79 Å². The normalized spacial score (nSPS) is 13.3. The molecule has 7 nitrogen and oxygen atoms in total. The molecule has 0 aliphatic carbocycles. The highest BCUT2D eigenvalue weighted by molar-refractivity contribution is 7.89. The predicted molar refractivity (Wildman–Crippen MR) is 97.0 cm³/mol. The third-order valence-electron chi connectivity index (χ3n) is 3.85. The number of carbonyl (C=O) groups excluding carboxylic acids is 1. The second-order valence-electron chi connectivity index (χ2n) is 5.82. The van der Waals surface area contributed by atoms with Crippen LogP contribution in [0.2, 0.25) is 0 Å². The number of carbonyl (C=O) groups is 1. The molecule has 1 heterocycles. The lowest BCUT2D eigenvalue weighted by atomic mass is 10.2. The molecule has 0 unspecified atom stereocenters. The van der Waals surface area contributed by atoms with Gasteiger partial charge in [-0.05, 0) is 30.7 Å². The molecule has 0 aromatic heterocycles. The van der Waals surface area contributed by atoms with Gasteiger partial charge in [-0.25, -0.2) is 13.1 Å². The Kier molecular flexibility index (Phi) is 5.43. The van der Waals surface area contributed by atoms with Gasteiger partial charge in [-0.15, -0.1) is 0 Å². The van der Waals surface area contributed by atoms with E-state index >= 15 is 0 Å². The fourth-order valence-electron chi connectivity index (χ4n) is 2.58. The summed E-state index contributed by atoms with van der Waals surface area (Å²) in [7, 11) is -3.64. The fraction of sp³-hybridized carbons (Fsp3) is 0.278. The Labute approximate surface area is 152 Å². The van der Waals surface area contributed by atoms with Crippen LogP contribution in [0, 0.1) is 6.92 Å². The molecule has 0 saturated heterocycles. The minimum Gasteiger partial charge on any atom is -0.486 e. The van der Waals surface area contributed by atoms with E-state index < -0.39 is 10.0 Å². The third-order valence-corrected chi connectivity index (χ3v) is 5.47. The van der Waals surface area contributed by atoms with E-state index in [1.165, 1.54) is 6.07 Å². The van der Waals surface area contributed by atoms with E-state index in [0.717, 1.165) is 0 Å². The van der Waals surface area contributed by atoms with Crippen LogP contribution in [0.4, 0.5) is 5.69 Å². The summed E-state index contributed by atoms with van der Waals surface area (Å²) in [6, 6.07) is 11.8. The van der Waals surface area contributed by atoms with Crippen LogP contribution in [0.1, 0.15) is 12.0 Å². The molecule has 0 atom stereocenters. The van der Waals surface area contributed by atoms with Crippen LogP contribution in [0.15, 0.2) is 47.4 Å². The van der Waals surface area contributed by atoms with E-state index in [-0.39, 0.29) is 23.8 Å². The number of benzene rings is 2. The lowest BCUT2D eigenvalue weighted by molar-refractivity contribution is -0.116. The molecule has 2 aromatic rings. The second-order valence-corrected chi connectivity index (χ2v) is 7.56. The maximum atomic E-state index is 12.3. The summed E-state index contributed by atoms with van der Waals surface area (Å²) < 4.78 is 37.9. The van der Waals surface area contributed by atoms with E-state index in [2.05, 4.69) is 10.0 Å². The highest BCUT2D eigenvalue weighted by atomic mass is 32.2. The summed E-state index contributed by atoms with van der Waals surface area (Å²) in [6.07, 6.45) is 0.0134. The molecule has 138 valence electrons. The van der Waals surface area contributed by atoms with Gasteiger partial charge in [0.25, 0.3) is 0 Å². The van der Waals surface area contributed by atoms with E-state index in [4.69, 9.17) is 9.47 Å². The zero-order valence-corrected chi connectivity index (χ0v) is 15.1. The molecule has 1 aliphatic heterocycles. The van der Waals surface area contributed by atoms with Crippen molar-refractivity contribution < 1.29 is 22.7 Å². The van der Waals surface area contributed by atoms with Crippen molar-refractivity contribution in [3.63, 3.8) is 0 Å². The Morgan fingerprint density at radius 1 is 1.08 bits per heavy atom. The maximum Gasteiger partial charge on any atom is 0.240 e. The van der Waals surface area contributed by atoms with Crippen molar-refractivity contribution in [2.24, 2.45) is 0 Å². The topological polar surface area (TPSA) is 93.7 Å². The van der Waals surface area contributed by atoms with Gasteiger partial charge in [0, 0.05) is 24.7 Å². The zero-order chi connectivity index (χ0) is 18.6. The summed E-state index contributed by atoms with van der Waals surface area (Å²) in [5, 5.41) is 2.72. The largest absolute Gasteiger partial charge is 0.486 e. The van der Waals surface area contributed by atoms with Gasteiger partial charge in [0.05, 0.1) is 4.90 Å². The quantitative estimate of drug-likeness (QED) is 0.805. The van der Waals surface area contributed by atoms with Crippen LogP contribution >= 0.6 is 0 Å². The van der Waals surface area contributed by atoms with Crippen LogP contribution in [-0.2, 0) is 14.8 Å². The van der Waals surface area contributed by atoms with Crippen LogP contribution in [0.3, 0.4) is 0 Å². The highest BCUT2D eigenvalue weighted by Crippen LogP contribution is 2.32. The first kappa shape index (κ1) is 18.2. The summed E-state index contributed by atoms with van der Waals surface area (Å²) in [5.41, 5.74) is 1.22. The van der Waals surface area contributed by atoms with Gasteiger partial charge < -0.3 is 14.8 Å². The molecule has 2 N–H and O–H groups in total. The summed E-state index contributed by atoms with van der Waals surface area (Å²) in [5.74, 6) is 0.920. The van der Waals surface area contributed by atoms with Crippen molar-refractivity contribution >= 4 is 21.6 Å². The van der Waals surface area contributed by atoms with Gasteiger partial charge in [0.15, 0.2) is 11.5 Å². The smallest absolute Gasteiger partial charge is 0.240 e. The van der Waals surface area contributed by atoms with Crippen molar-refractivity contribution in [3.8, 4) is 11.5 Å². The molecule has 1 amide bonds. The van der Waals surface area contributed by atoms with Crippen molar-refractivity contribution in [1.82, 2.24) is 4.72 Å². The SMILES string of the molecule is Cc1ccccc1S(=O)(=O)NCCC(=O)Nc1ccc2c(c1)OCCO2. The predicted octanol–water partition coefficient (Wildman–Crippen LogP) is 2.07. The third kappa shape index (κ3) is 4.33. The van der Waals surface area contributed by atoms with Gasteiger partial charge in [-0.1, -0.05) is 18.2 Å². The molecule has 2 aromatic carbocycles. The highest BCUT2D eigenvalue weighted by Gasteiger charge is 2.17. The number of ether oxygens (including phenoxy) is 2. The van der Waals surface area contributed by atoms with Crippen LogP contribution in [-0.4, -0.2) is 34.1 Å². The van der Waals surface area contributed by atoms with E-state index in [1.54, 1.807) is 43.3 Å². The molecule has 1 aliphatic rings. The Morgan fingerprint density at radius 2 is 1.81 bits per heavy atom. The lowest BCUT2D eigenvalue weighted by Crippen LogP contribution is -2.28. The molecule has 0 spiro atoms. The number of sulfonamides is 1. The molecule has 26 heavy (non-hydrogen) atoms. The average molecular weight is 376 g/mol. The van der Waals surface area contributed by atoms with Crippen LogP contribution in [0.5, 0.6) is 11.5 Å². The number of anilines is 1. The van der Waals surface area contributed by atoms with Crippen LogP contribution < -0.4 is 19.5 Å². The number of aryl methyl sites for hydroxylation is 1. The average Bonchev–Trinajstić information content (AvgIpc) is 2.61.